The van der Waals surface area contributed by atoms with E-state index < -0.39 is 5.97 Å². The fraction of sp³-hybridized carbons (Fsp3) is 0.316. The molecule has 0 aliphatic heterocycles. The van der Waals surface area contributed by atoms with Gasteiger partial charge in [-0.15, -0.1) is 0 Å². The Morgan fingerprint density at radius 2 is 1.73 bits per heavy atom. The summed E-state index contributed by atoms with van der Waals surface area (Å²) in [5, 5.41) is 13.8. The molecule has 7 heteroatoms. The van der Waals surface area contributed by atoms with Crippen LogP contribution in [0.25, 0.3) is 0 Å². The quantitative estimate of drug-likeness (QED) is 0.672. The maximum atomic E-state index is 12.3. The average molecular weight is 358 g/mol. The van der Waals surface area contributed by atoms with Crippen LogP contribution >= 0.6 is 0 Å². The Kier molecular flexibility index (Phi) is 6.54. The number of carboxylic acid groups (broad SMARTS) is 1. The number of anilines is 1. The third-order valence-corrected chi connectivity index (χ3v) is 3.85. The van der Waals surface area contributed by atoms with E-state index in [-0.39, 0.29) is 30.5 Å². The van der Waals surface area contributed by atoms with Crippen molar-refractivity contribution in [3.63, 3.8) is 0 Å². The number of aryl methyl sites for hydroxylation is 2. The van der Waals surface area contributed by atoms with Crippen LogP contribution in [0.3, 0.4) is 0 Å². The van der Waals surface area contributed by atoms with E-state index in [2.05, 4.69) is 10.6 Å². The number of hydrogen-bond donors (Lipinski definition) is 3. The molecule has 0 unspecified atom stereocenters. The van der Waals surface area contributed by atoms with Crippen molar-refractivity contribution in [2.75, 3.05) is 11.9 Å². The average Bonchev–Trinajstić information content (AvgIpc) is 3.05. The van der Waals surface area contributed by atoms with Crippen LogP contribution in [-0.2, 0) is 17.6 Å². The second-order valence-electron chi connectivity index (χ2n) is 5.70. The van der Waals surface area contributed by atoms with Gasteiger partial charge in [-0.2, -0.15) is 0 Å². The van der Waals surface area contributed by atoms with Gasteiger partial charge < -0.3 is 20.2 Å². The van der Waals surface area contributed by atoms with Crippen molar-refractivity contribution in [1.82, 2.24) is 5.32 Å². The Morgan fingerprint density at radius 3 is 2.27 bits per heavy atom. The van der Waals surface area contributed by atoms with Gasteiger partial charge >= 0.3 is 5.97 Å². The molecule has 0 aliphatic carbocycles. The number of carbonyl (C=O) groups excluding carboxylic acids is 2. The van der Waals surface area contributed by atoms with E-state index in [0.29, 0.717) is 11.3 Å². The monoisotopic (exact) mass is 358 g/mol. The smallest absolute Gasteiger partial charge is 0.305 e. The first kappa shape index (κ1) is 19.2. The Hall–Kier alpha value is -3.09. The summed E-state index contributed by atoms with van der Waals surface area (Å²) in [4.78, 5) is 34.6. The fourth-order valence-corrected chi connectivity index (χ4v) is 2.46. The van der Waals surface area contributed by atoms with Gasteiger partial charge in [-0.25, -0.2) is 0 Å². The molecule has 0 atom stereocenters. The van der Waals surface area contributed by atoms with Gasteiger partial charge in [0.15, 0.2) is 5.76 Å². The van der Waals surface area contributed by atoms with Crippen LogP contribution in [-0.4, -0.2) is 29.4 Å². The highest BCUT2D eigenvalue weighted by molar-refractivity contribution is 6.03. The third kappa shape index (κ3) is 4.95. The maximum Gasteiger partial charge on any atom is 0.305 e. The second-order valence-corrected chi connectivity index (χ2v) is 5.70. The number of rotatable bonds is 8. The Balaban J connectivity index is 1.98. The molecule has 7 nitrogen and oxygen atoms in total. The Bertz CT molecular complexity index is 771. The van der Waals surface area contributed by atoms with Crippen molar-refractivity contribution in [2.24, 2.45) is 0 Å². The molecule has 0 radical (unpaired) electrons. The van der Waals surface area contributed by atoms with Gasteiger partial charge in [0.25, 0.3) is 11.8 Å². The molecule has 26 heavy (non-hydrogen) atoms. The normalized spacial score (nSPS) is 10.4. The summed E-state index contributed by atoms with van der Waals surface area (Å²) in [6.07, 6.45) is 1.39. The van der Waals surface area contributed by atoms with Crippen molar-refractivity contribution in [2.45, 2.75) is 33.1 Å². The van der Waals surface area contributed by atoms with Crippen LogP contribution < -0.4 is 10.6 Å². The number of amides is 2. The second kappa shape index (κ2) is 8.84. The molecule has 2 rings (SSSR count). The summed E-state index contributed by atoms with van der Waals surface area (Å²) in [5.74, 6) is -0.618. The van der Waals surface area contributed by atoms with Crippen LogP contribution in [0.5, 0.6) is 0 Å². The lowest BCUT2D eigenvalue weighted by Crippen LogP contribution is -2.25. The number of aliphatic carboxylic acids is 1. The van der Waals surface area contributed by atoms with Crippen LogP contribution in [0.2, 0.25) is 0 Å². The SMILES string of the molecule is CCc1cc(C(=O)Nc2ccc(C(=O)NCCC(=O)O)cc2)oc1CC. The van der Waals surface area contributed by atoms with Crippen LogP contribution in [0.15, 0.2) is 34.7 Å². The zero-order chi connectivity index (χ0) is 19.1. The minimum Gasteiger partial charge on any atom is -0.481 e. The van der Waals surface area contributed by atoms with Crippen molar-refractivity contribution in [3.05, 3.63) is 53.0 Å². The minimum atomic E-state index is -0.973. The standard InChI is InChI=1S/C19H22N2O5/c1-3-12-11-16(26-15(12)4-2)19(25)21-14-7-5-13(6-8-14)18(24)20-10-9-17(22)23/h5-8,11H,3-4,9-10H2,1-2H3,(H,20,24)(H,21,25)(H,22,23). The van der Waals surface area contributed by atoms with E-state index in [9.17, 15) is 14.4 Å². The molecular weight excluding hydrogens is 336 g/mol. The third-order valence-electron chi connectivity index (χ3n) is 3.85. The molecule has 2 amide bonds. The topological polar surface area (TPSA) is 109 Å². The van der Waals surface area contributed by atoms with Crippen LogP contribution in [0.4, 0.5) is 5.69 Å². The van der Waals surface area contributed by atoms with E-state index in [1.165, 1.54) is 0 Å². The van der Waals surface area contributed by atoms with Gasteiger partial charge in [0.2, 0.25) is 0 Å². The van der Waals surface area contributed by atoms with Gasteiger partial charge in [0.05, 0.1) is 6.42 Å². The summed E-state index contributed by atoms with van der Waals surface area (Å²) in [5.41, 5.74) is 1.93. The molecule has 0 spiro atoms. The molecule has 3 N–H and O–H groups in total. The minimum absolute atomic E-state index is 0.0602. The number of benzene rings is 1. The predicted octanol–water partition coefficient (Wildman–Crippen LogP) is 2.86. The molecule has 138 valence electrons. The largest absolute Gasteiger partial charge is 0.481 e. The van der Waals surface area contributed by atoms with E-state index in [0.717, 1.165) is 24.2 Å². The summed E-state index contributed by atoms with van der Waals surface area (Å²) in [7, 11) is 0. The van der Waals surface area contributed by atoms with Gasteiger partial charge in [0, 0.05) is 24.2 Å². The molecule has 0 saturated heterocycles. The summed E-state index contributed by atoms with van der Waals surface area (Å²) >= 11 is 0. The van der Waals surface area contributed by atoms with Crippen molar-refractivity contribution >= 4 is 23.5 Å². The molecular formula is C19H22N2O5. The summed E-state index contributed by atoms with van der Waals surface area (Å²) in [6.45, 7) is 4.04. The van der Waals surface area contributed by atoms with Crippen LogP contribution in [0.1, 0.15) is 52.5 Å². The Labute approximate surface area is 151 Å². The number of carboxylic acids is 1. The summed E-state index contributed by atoms with van der Waals surface area (Å²) < 4.78 is 5.59. The van der Waals surface area contributed by atoms with Gasteiger partial charge in [-0.1, -0.05) is 13.8 Å². The van der Waals surface area contributed by atoms with Gasteiger partial charge in [-0.3, -0.25) is 14.4 Å². The number of furan rings is 1. The molecule has 0 bridgehead atoms. The first-order valence-electron chi connectivity index (χ1n) is 8.47. The molecule has 1 heterocycles. The predicted molar refractivity (Wildman–Crippen MR) is 96.4 cm³/mol. The Morgan fingerprint density at radius 1 is 1.04 bits per heavy atom. The van der Waals surface area contributed by atoms with Gasteiger partial charge in [0.1, 0.15) is 5.76 Å². The first-order chi connectivity index (χ1) is 12.4. The number of carbonyl (C=O) groups is 3. The maximum absolute atomic E-state index is 12.3. The van der Waals surface area contributed by atoms with Crippen LogP contribution in [0, 0.1) is 0 Å². The number of hydrogen-bond acceptors (Lipinski definition) is 4. The zero-order valence-electron chi connectivity index (χ0n) is 14.8. The highest BCUT2D eigenvalue weighted by Gasteiger charge is 2.15. The van der Waals surface area contributed by atoms with E-state index in [1.54, 1.807) is 30.3 Å². The molecule has 0 fully saturated rings. The lowest BCUT2D eigenvalue weighted by atomic mass is 10.1. The highest BCUT2D eigenvalue weighted by Crippen LogP contribution is 2.19. The molecule has 1 aromatic carbocycles. The molecule has 1 aromatic heterocycles. The van der Waals surface area contributed by atoms with E-state index >= 15 is 0 Å². The van der Waals surface area contributed by atoms with Crippen molar-refractivity contribution in [1.29, 1.82) is 0 Å². The fourth-order valence-electron chi connectivity index (χ4n) is 2.46. The van der Waals surface area contributed by atoms with Gasteiger partial charge in [-0.05, 0) is 42.3 Å². The molecule has 0 aliphatic rings. The zero-order valence-corrected chi connectivity index (χ0v) is 14.8. The van der Waals surface area contributed by atoms with Crippen molar-refractivity contribution < 1.29 is 23.9 Å². The lowest BCUT2D eigenvalue weighted by molar-refractivity contribution is -0.136. The number of nitrogens with one attached hydrogen (secondary N) is 2. The lowest BCUT2D eigenvalue weighted by Gasteiger charge is -2.06. The highest BCUT2D eigenvalue weighted by atomic mass is 16.4. The van der Waals surface area contributed by atoms with E-state index in [4.69, 9.17) is 9.52 Å². The molecule has 0 saturated carbocycles. The first-order valence-corrected chi connectivity index (χ1v) is 8.47. The van der Waals surface area contributed by atoms with E-state index in [1.807, 2.05) is 13.8 Å². The van der Waals surface area contributed by atoms with Crippen molar-refractivity contribution in [3.8, 4) is 0 Å². The molecule has 2 aromatic rings. The summed E-state index contributed by atoms with van der Waals surface area (Å²) in [6, 6.07) is 8.08.